The van der Waals surface area contributed by atoms with Crippen molar-refractivity contribution in [2.24, 2.45) is 0 Å². The van der Waals surface area contributed by atoms with Crippen molar-refractivity contribution in [2.75, 3.05) is 6.61 Å². The highest BCUT2D eigenvalue weighted by molar-refractivity contribution is 7.15. The maximum absolute atomic E-state index is 11.4. The Morgan fingerprint density at radius 2 is 2.06 bits per heavy atom. The Morgan fingerprint density at radius 3 is 2.72 bits per heavy atom. The minimum Gasteiger partial charge on any atom is -0.466 e. The van der Waals surface area contributed by atoms with Crippen molar-refractivity contribution in [3.8, 4) is 10.6 Å². The number of rotatable bonds is 4. The fraction of sp³-hybridized carbons (Fsp3) is 0.286. The Hall–Kier alpha value is -1.68. The molecule has 0 aliphatic heterocycles. The molecule has 0 N–H and O–H groups in total. The molecule has 4 heteroatoms. The van der Waals surface area contributed by atoms with E-state index in [-0.39, 0.29) is 5.97 Å². The van der Waals surface area contributed by atoms with Crippen molar-refractivity contribution < 1.29 is 9.53 Å². The molecule has 0 atom stereocenters. The van der Waals surface area contributed by atoms with Gasteiger partial charge in [-0.25, -0.2) is 4.98 Å². The van der Waals surface area contributed by atoms with Gasteiger partial charge in [0.05, 0.1) is 13.0 Å². The van der Waals surface area contributed by atoms with Crippen LogP contribution in [0.5, 0.6) is 0 Å². The number of esters is 1. The Balaban J connectivity index is 2.10. The molecule has 0 saturated carbocycles. The van der Waals surface area contributed by atoms with Crippen LogP contribution in [0.3, 0.4) is 0 Å². The van der Waals surface area contributed by atoms with Crippen LogP contribution >= 0.6 is 11.3 Å². The number of aromatic nitrogens is 1. The van der Waals surface area contributed by atoms with Crippen molar-refractivity contribution in [1.29, 1.82) is 0 Å². The second kappa shape index (κ2) is 5.78. The highest BCUT2D eigenvalue weighted by Gasteiger charge is 2.09. The number of carbonyl (C=O) groups is 1. The van der Waals surface area contributed by atoms with E-state index in [4.69, 9.17) is 4.74 Å². The molecular weight excluding hydrogens is 246 g/mol. The van der Waals surface area contributed by atoms with E-state index in [0.717, 1.165) is 15.4 Å². The van der Waals surface area contributed by atoms with E-state index in [2.05, 4.69) is 24.0 Å². The fourth-order valence-corrected chi connectivity index (χ4v) is 2.48. The topological polar surface area (TPSA) is 39.2 Å². The predicted molar refractivity (Wildman–Crippen MR) is 72.6 cm³/mol. The zero-order valence-corrected chi connectivity index (χ0v) is 11.3. The van der Waals surface area contributed by atoms with Crippen LogP contribution in [0.1, 0.15) is 17.4 Å². The number of hydrogen-bond donors (Lipinski definition) is 0. The summed E-state index contributed by atoms with van der Waals surface area (Å²) < 4.78 is 4.92. The van der Waals surface area contributed by atoms with Crippen molar-refractivity contribution in [3.05, 3.63) is 40.9 Å². The van der Waals surface area contributed by atoms with Gasteiger partial charge in [-0.2, -0.15) is 0 Å². The summed E-state index contributed by atoms with van der Waals surface area (Å²) in [6.07, 6.45) is 2.05. The molecule has 1 heterocycles. The molecule has 94 valence electrons. The second-order valence-corrected chi connectivity index (χ2v) is 5.09. The van der Waals surface area contributed by atoms with Gasteiger partial charge >= 0.3 is 5.97 Å². The lowest BCUT2D eigenvalue weighted by Gasteiger charge is -1.98. The largest absolute Gasteiger partial charge is 0.466 e. The smallest absolute Gasteiger partial charge is 0.311 e. The molecule has 0 fully saturated rings. The van der Waals surface area contributed by atoms with Gasteiger partial charge in [0.1, 0.15) is 5.01 Å². The summed E-state index contributed by atoms with van der Waals surface area (Å²) in [6.45, 7) is 4.28. The van der Waals surface area contributed by atoms with E-state index in [0.29, 0.717) is 13.0 Å². The molecule has 0 aliphatic rings. The second-order valence-electron chi connectivity index (χ2n) is 3.98. The van der Waals surface area contributed by atoms with E-state index >= 15 is 0 Å². The van der Waals surface area contributed by atoms with E-state index in [1.165, 1.54) is 16.9 Å². The van der Waals surface area contributed by atoms with Gasteiger partial charge in [-0.3, -0.25) is 4.79 Å². The average Bonchev–Trinajstić information content (AvgIpc) is 2.78. The molecule has 1 aromatic carbocycles. The Kier molecular flexibility index (Phi) is 4.10. The van der Waals surface area contributed by atoms with Gasteiger partial charge in [0.15, 0.2) is 0 Å². The third-order valence-electron chi connectivity index (χ3n) is 2.48. The summed E-state index contributed by atoms with van der Waals surface area (Å²) in [4.78, 5) is 16.6. The quantitative estimate of drug-likeness (QED) is 0.793. The van der Waals surface area contributed by atoms with Gasteiger partial charge in [0, 0.05) is 16.6 Å². The monoisotopic (exact) mass is 261 g/mol. The normalized spacial score (nSPS) is 10.3. The van der Waals surface area contributed by atoms with Crippen molar-refractivity contribution >= 4 is 17.3 Å². The summed E-state index contributed by atoms with van der Waals surface area (Å²) in [6, 6.07) is 8.20. The molecule has 0 unspecified atom stereocenters. The van der Waals surface area contributed by atoms with E-state index in [9.17, 15) is 4.79 Å². The number of thiazole rings is 1. The summed E-state index contributed by atoms with van der Waals surface area (Å²) in [5.41, 5.74) is 2.31. The summed E-state index contributed by atoms with van der Waals surface area (Å²) in [7, 11) is 0. The molecule has 0 saturated heterocycles. The van der Waals surface area contributed by atoms with Crippen molar-refractivity contribution in [3.63, 3.8) is 0 Å². The van der Waals surface area contributed by atoms with Crippen LogP contribution in [0.25, 0.3) is 10.6 Å². The third-order valence-corrected chi connectivity index (χ3v) is 3.52. The first kappa shape index (κ1) is 12.8. The van der Waals surface area contributed by atoms with Crippen LogP contribution in [0.4, 0.5) is 0 Å². The number of ether oxygens (including phenoxy) is 1. The van der Waals surface area contributed by atoms with Crippen molar-refractivity contribution in [1.82, 2.24) is 4.98 Å². The first-order valence-electron chi connectivity index (χ1n) is 5.86. The number of hydrogen-bond acceptors (Lipinski definition) is 4. The summed E-state index contributed by atoms with van der Waals surface area (Å²) >= 11 is 1.53. The Morgan fingerprint density at radius 1 is 1.33 bits per heavy atom. The van der Waals surface area contributed by atoms with Gasteiger partial charge in [-0.1, -0.05) is 29.8 Å². The molecule has 0 aliphatic carbocycles. The first-order valence-corrected chi connectivity index (χ1v) is 6.68. The molecule has 2 rings (SSSR count). The van der Waals surface area contributed by atoms with Gasteiger partial charge in [0.2, 0.25) is 0 Å². The number of aryl methyl sites for hydroxylation is 1. The van der Waals surface area contributed by atoms with Gasteiger partial charge < -0.3 is 4.74 Å². The maximum Gasteiger partial charge on any atom is 0.311 e. The molecule has 1 aromatic heterocycles. The lowest BCUT2D eigenvalue weighted by atomic mass is 10.2. The number of benzene rings is 1. The summed E-state index contributed by atoms with van der Waals surface area (Å²) in [5.74, 6) is -0.198. The van der Waals surface area contributed by atoms with Gasteiger partial charge in [-0.05, 0) is 13.8 Å². The molecule has 0 bridgehead atoms. The molecule has 0 spiro atoms. The lowest BCUT2D eigenvalue weighted by molar-refractivity contribution is -0.142. The Labute approximate surface area is 110 Å². The van der Waals surface area contributed by atoms with E-state index in [1.807, 2.05) is 19.1 Å². The van der Waals surface area contributed by atoms with E-state index in [1.54, 1.807) is 6.20 Å². The highest BCUT2D eigenvalue weighted by atomic mass is 32.1. The SMILES string of the molecule is CCOC(=O)Cc1cnc(-c2ccc(C)cc2)s1. The minimum absolute atomic E-state index is 0.198. The minimum atomic E-state index is -0.198. The van der Waals surface area contributed by atoms with Crippen LogP contribution in [-0.4, -0.2) is 17.6 Å². The van der Waals surface area contributed by atoms with Gasteiger partial charge in [-0.15, -0.1) is 11.3 Å². The molecular formula is C14H15NO2S. The van der Waals surface area contributed by atoms with E-state index < -0.39 is 0 Å². The van der Waals surface area contributed by atoms with Crippen molar-refractivity contribution in [2.45, 2.75) is 20.3 Å². The van der Waals surface area contributed by atoms with Crippen LogP contribution < -0.4 is 0 Å². The maximum atomic E-state index is 11.4. The van der Waals surface area contributed by atoms with Crippen LogP contribution in [0, 0.1) is 6.92 Å². The molecule has 2 aromatic rings. The molecule has 3 nitrogen and oxygen atoms in total. The van der Waals surface area contributed by atoms with Crippen LogP contribution in [-0.2, 0) is 16.0 Å². The molecule has 0 radical (unpaired) electrons. The first-order chi connectivity index (χ1) is 8.69. The number of carbonyl (C=O) groups excluding carboxylic acids is 1. The lowest BCUT2D eigenvalue weighted by Crippen LogP contribution is -2.06. The van der Waals surface area contributed by atoms with Crippen LogP contribution in [0.15, 0.2) is 30.5 Å². The summed E-state index contributed by atoms with van der Waals surface area (Å²) in [5, 5.41) is 0.939. The number of nitrogens with zero attached hydrogens (tertiary/aromatic N) is 1. The zero-order valence-electron chi connectivity index (χ0n) is 10.5. The third kappa shape index (κ3) is 3.17. The standard InChI is InChI=1S/C14H15NO2S/c1-3-17-13(16)8-12-9-15-14(18-12)11-6-4-10(2)5-7-11/h4-7,9H,3,8H2,1-2H3. The van der Waals surface area contributed by atoms with Gasteiger partial charge in [0.25, 0.3) is 0 Å². The fourth-order valence-electron chi connectivity index (χ4n) is 1.57. The Bertz CT molecular complexity index is 531. The molecule has 18 heavy (non-hydrogen) atoms. The predicted octanol–water partition coefficient (Wildman–Crippen LogP) is 3.22. The highest BCUT2D eigenvalue weighted by Crippen LogP contribution is 2.25. The zero-order chi connectivity index (χ0) is 13.0. The molecule has 0 amide bonds. The average molecular weight is 261 g/mol. The van der Waals surface area contributed by atoms with Crippen LogP contribution in [0.2, 0.25) is 0 Å².